The van der Waals surface area contributed by atoms with E-state index >= 15 is 0 Å². The number of nitrogens with one attached hydrogen (secondary N) is 1. The van der Waals surface area contributed by atoms with Crippen LogP contribution in [0.3, 0.4) is 0 Å². The average Bonchev–Trinajstić information content (AvgIpc) is 3.27. The molecule has 2 amide bonds. The molecule has 4 rings (SSSR count). The van der Waals surface area contributed by atoms with Gasteiger partial charge < -0.3 is 14.8 Å². The van der Waals surface area contributed by atoms with Crippen molar-refractivity contribution in [1.82, 2.24) is 19.8 Å². The van der Waals surface area contributed by atoms with Crippen molar-refractivity contribution in [3.8, 4) is 0 Å². The SMILES string of the molecule is CCC(CC)C(=O)NC(C)c1nc2ccccc2n1CC(=O)N(Cc1ccccc1)C1CCCCC1. The molecule has 1 aliphatic rings. The van der Waals surface area contributed by atoms with Gasteiger partial charge in [0.25, 0.3) is 0 Å². The molecule has 0 spiro atoms. The van der Waals surface area contributed by atoms with E-state index in [0.29, 0.717) is 6.54 Å². The highest BCUT2D eigenvalue weighted by Crippen LogP contribution is 2.26. The fourth-order valence-corrected chi connectivity index (χ4v) is 5.47. The van der Waals surface area contributed by atoms with Gasteiger partial charge in [0.1, 0.15) is 12.4 Å². The monoisotopic (exact) mass is 488 g/mol. The number of rotatable bonds is 10. The van der Waals surface area contributed by atoms with Gasteiger partial charge in [-0.3, -0.25) is 9.59 Å². The van der Waals surface area contributed by atoms with Gasteiger partial charge in [-0.1, -0.05) is 75.6 Å². The number of aromatic nitrogens is 2. The number of hydrogen-bond donors (Lipinski definition) is 1. The summed E-state index contributed by atoms with van der Waals surface area (Å²) in [5.41, 5.74) is 2.92. The third kappa shape index (κ3) is 5.97. The van der Waals surface area contributed by atoms with Gasteiger partial charge in [0.15, 0.2) is 0 Å². The van der Waals surface area contributed by atoms with Crippen molar-refractivity contribution < 1.29 is 9.59 Å². The molecular formula is C30H40N4O2. The third-order valence-corrected chi connectivity index (χ3v) is 7.61. The lowest BCUT2D eigenvalue weighted by Crippen LogP contribution is -2.43. The summed E-state index contributed by atoms with van der Waals surface area (Å²) < 4.78 is 2.01. The normalized spacial score (nSPS) is 15.2. The van der Waals surface area contributed by atoms with Crippen molar-refractivity contribution >= 4 is 22.8 Å². The highest BCUT2D eigenvalue weighted by atomic mass is 16.2. The molecule has 1 saturated carbocycles. The van der Waals surface area contributed by atoms with E-state index in [1.807, 2.05) is 67.8 Å². The van der Waals surface area contributed by atoms with E-state index in [1.54, 1.807) is 0 Å². The Morgan fingerprint density at radius 1 is 1.00 bits per heavy atom. The zero-order valence-corrected chi connectivity index (χ0v) is 22.0. The summed E-state index contributed by atoms with van der Waals surface area (Å²) >= 11 is 0. The van der Waals surface area contributed by atoms with Crippen LogP contribution in [-0.2, 0) is 22.7 Å². The second-order valence-corrected chi connectivity index (χ2v) is 10.1. The number of amides is 2. The van der Waals surface area contributed by atoms with E-state index in [4.69, 9.17) is 4.98 Å². The zero-order chi connectivity index (χ0) is 25.5. The van der Waals surface area contributed by atoms with Crippen LogP contribution in [0.2, 0.25) is 0 Å². The van der Waals surface area contributed by atoms with Gasteiger partial charge in [0, 0.05) is 18.5 Å². The number of benzene rings is 2. The second-order valence-electron chi connectivity index (χ2n) is 10.1. The Kier molecular flexibility index (Phi) is 8.79. The fourth-order valence-electron chi connectivity index (χ4n) is 5.47. The summed E-state index contributed by atoms with van der Waals surface area (Å²) in [7, 11) is 0. The molecule has 1 atom stereocenters. The minimum atomic E-state index is -0.296. The molecule has 1 aliphatic carbocycles. The van der Waals surface area contributed by atoms with E-state index in [9.17, 15) is 9.59 Å². The first kappa shape index (κ1) is 25.9. The lowest BCUT2D eigenvalue weighted by Gasteiger charge is -2.35. The molecule has 36 heavy (non-hydrogen) atoms. The smallest absolute Gasteiger partial charge is 0.243 e. The number of carbonyl (C=O) groups excluding carboxylic acids is 2. The van der Waals surface area contributed by atoms with E-state index in [0.717, 1.165) is 48.1 Å². The van der Waals surface area contributed by atoms with Crippen LogP contribution in [0.4, 0.5) is 0 Å². The standard InChI is InChI=1S/C30H40N4O2/c1-4-24(5-2)30(36)31-22(3)29-32-26-18-12-13-19-27(26)34(29)21-28(35)33(25-16-10-7-11-17-25)20-23-14-8-6-9-15-23/h6,8-9,12-15,18-19,22,24-25H,4-5,7,10-11,16-17,20-21H2,1-3H3,(H,31,36). The zero-order valence-electron chi connectivity index (χ0n) is 22.0. The van der Waals surface area contributed by atoms with Gasteiger partial charge in [-0.15, -0.1) is 0 Å². The Balaban J connectivity index is 1.63. The Bertz CT molecular complexity index is 1150. The number of imidazole rings is 1. The Morgan fingerprint density at radius 3 is 2.36 bits per heavy atom. The molecule has 0 saturated heterocycles. The van der Waals surface area contributed by atoms with Crippen molar-refractivity contribution in [3.63, 3.8) is 0 Å². The van der Waals surface area contributed by atoms with Gasteiger partial charge in [0.05, 0.1) is 17.1 Å². The predicted molar refractivity (Wildman–Crippen MR) is 144 cm³/mol. The van der Waals surface area contributed by atoms with Crippen LogP contribution < -0.4 is 5.32 Å². The maximum Gasteiger partial charge on any atom is 0.243 e. The summed E-state index contributed by atoms with van der Waals surface area (Å²) in [5, 5.41) is 3.16. The summed E-state index contributed by atoms with van der Waals surface area (Å²) in [5.74, 6) is 0.866. The van der Waals surface area contributed by atoms with Crippen molar-refractivity contribution in [2.45, 2.75) is 90.9 Å². The first-order valence-corrected chi connectivity index (χ1v) is 13.6. The first-order chi connectivity index (χ1) is 17.5. The minimum absolute atomic E-state index is 0.0143. The average molecular weight is 489 g/mol. The molecule has 6 nitrogen and oxygen atoms in total. The van der Waals surface area contributed by atoms with Crippen LogP contribution in [0.15, 0.2) is 54.6 Å². The molecular weight excluding hydrogens is 448 g/mol. The molecule has 0 radical (unpaired) electrons. The van der Waals surface area contributed by atoms with Gasteiger partial charge in [0.2, 0.25) is 11.8 Å². The van der Waals surface area contributed by atoms with Crippen LogP contribution in [0.25, 0.3) is 11.0 Å². The molecule has 2 aromatic carbocycles. The van der Waals surface area contributed by atoms with Gasteiger partial charge >= 0.3 is 0 Å². The van der Waals surface area contributed by atoms with Crippen molar-refractivity contribution in [1.29, 1.82) is 0 Å². The summed E-state index contributed by atoms with van der Waals surface area (Å²) in [6.45, 7) is 6.88. The van der Waals surface area contributed by atoms with Crippen molar-refractivity contribution in [2.75, 3.05) is 0 Å². The van der Waals surface area contributed by atoms with Crippen LogP contribution >= 0.6 is 0 Å². The minimum Gasteiger partial charge on any atom is -0.346 e. The van der Waals surface area contributed by atoms with Crippen LogP contribution in [0, 0.1) is 5.92 Å². The molecule has 0 bridgehead atoms. The molecule has 192 valence electrons. The van der Waals surface area contributed by atoms with Gasteiger partial charge in [-0.25, -0.2) is 4.98 Å². The number of nitrogens with zero attached hydrogens (tertiary/aromatic N) is 3. The van der Waals surface area contributed by atoms with Crippen LogP contribution in [-0.4, -0.2) is 32.3 Å². The number of carbonyl (C=O) groups is 2. The van der Waals surface area contributed by atoms with E-state index < -0.39 is 0 Å². The molecule has 1 unspecified atom stereocenters. The topological polar surface area (TPSA) is 67.2 Å². The predicted octanol–water partition coefficient (Wildman–Crippen LogP) is 6.01. The molecule has 3 aromatic rings. The van der Waals surface area contributed by atoms with Gasteiger partial charge in [-0.05, 0) is 50.3 Å². The first-order valence-electron chi connectivity index (χ1n) is 13.6. The maximum absolute atomic E-state index is 13.9. The van der Waals surface area contributed by atoms with Gasteiger partial charge in [-0.2, -0.15) is 0 Å². The number of para-hydroxylation sites is 2. The second kappa shape index (κ2) is 12.2. The molecule has 6 heteroatoms. The lowest BCUT2D eigenvalue weighted by atomic mass is 9.93. The van der Waals surface area contributed by atoms with Crippen molar-refractivity contribution in [2.24, 2.45) is 5.92 Å². The third-order valence-electron chi connectivity index (χ3n) is 7.61. The molecule has 1 N–H and O–H groups in total. The molecule has 1 heterocycles. The van der Waals surface area contributed by atoms with Crippen LogP contribution in [0.5, 0.6) is 0 Å². The Morgan fingerprint density at radius 2 is 1.67 bits per heavy atom. The van der Waals surface area contributed by atoms with Crippen molar-refractivity contribution in [3.05, 3.63) is 66.0 Å². The Hall–Kier alpha value is -3.15. The van der Waals surface area contributed by atoms with E-state index in [-0.39, 0.29) is 36.4 Å². The highest BCUT2D eigenvalue weighted by Gasteiger charge is 2.28. The fraction of sp³-hybridized carbons (Fsp3) is 0.500. The maximum atomic E-state index is 13.9. The number of fused-ring (bicyclic) bond motifs is 1. The quantitative estimate of drug-likeness (QED) is 0.380. The largest absolute Gasteiger partial charge is 0.346 e. The summed E-state index contributed by atoms with van der Waals surface area (Å²) in [6.07, 6.45) is 7.30. The molecule has 0 aliphatic heterocycles. The molecule has 1 aromatic heterocycles. The number of hydrogen-bond acceptors (Lipinski definition) is 3. The summed E-state index contributed by atoms with van der Waals surface area (Å²) in [6, 6.07) is 18.1. The highest BCUT2D eigenvalue weighted by molar-refractivity contribution is 5.82. The Labute approximate surface area is 215 Å². The lowest BCUT2D eigenvalue weighted by molar-refractivity contribution is -0.135. The van der Waals surface area contributed by atoms with Crippen LogP contribution in [0.1, 0.15) is 83.1 Å². The summed E-state index contributed by atoms with van der Waals surface area (Å²) in [4.78, 5) is 33.7. The molecule has 1 fully saturated rings. The van der Waals surface area contributed by atoms with E-state index in [2.05, 4.69) is 22.3 Å². The van der Waals surface area contributed by atoms with E-state index in [1.165, 1.54) is 19.3 Å².